The lowest BCUT2D eigenvalue weighted by Crippen LogP contribution is -2.44. The summed E-state index contributed by atoms with van der Waals surface area (Å²) in [5.74, 6) is 1.67. The predicted molar refractivity (Wildman–Crippen MR) is 143 cm³/mol. The minimum atomic E-state index is -4.64. The second kappa shape index (κ2) is 16.5. The zero-order chi connectivity index (χ0) is 29.6. The standard InChI is InChI=1S/C17H25NO4.C8H11NO3.H3O4P/c1-20-13-11-15(21-2)17(16(12-13)22-3)14(19)7-6-10-18-8-4-5-9-18;1-6-7(12)8(4-10,5-11)2-3-9-6;1-5(2,3)4/h11-12H,4-10H2,1-3H3;2-4,7,11-12H,5H2,1H3;(H3,1,2,3,4). The van der Waals surface area contributed by atoms with Gasteiger partial charge in [-0.15, -0.1) is 0 Å². The van der Waals surface area contributed by atoms with Crippen LogP contribution in [0.3, 0.4) is 0 Å². The van der Waals surface area contributed by atoms with Crippen molar-refractivity contribution in [3.05, 3.63) is 30.0 Å². The molecule has 39 heavy (non-hydrogen) atoms. The highest BCUT2D eigenvalue weighted by Crippen LogP contribution is 2.35. The van der Waals surface area contributed by atoms with Crippen molar-refractivity contribution in [2.75, 3.05) is 47.6 Å². The molecule has 0 amide bonds. The van der Waals surface area contributed by atoms with E-state index in [1.54, 1.807) is 40.4 Å². The first-order chi connectivity index (χ1) is 18.3. The highest BCUT2D eigenvalue weighted by molar-refractivity contribution is 7.45. The smallest absolute Gasteiger partial charge is 0.466 e. The number of ketones is 1. The molecule has 1 aromatic rings. The number of aliphatic hydroxyl groups is 2. The van der Waals surface area contributed by atoms with Crippen LogP contribution in [0.15, 0.2) is 29.4 Å². The lowest BCUT2D eigenvalue weighted by Gasteiger charge is -2.29. The number of phosphoric acid groups is 1. The Labute approximate surface area is 228 Å². The van der Waals surface area contributed by atoms with Crippen molar-refractivity contribution in [2.45, 2.75) is 38.7 Å². The van der Waals surface area contributed by atoms with E-state index in [-0.39, 0.29) is 5.78 Å². The summed E-state index contributed by atoms with van der Waals surface area (Å²) in [5, 5.41) is 18.4. The van der Waals surface area contributed by atoms with E-state index < -0.39 is 25.9 Å². The quantitative estimate of drug-likeness (QED) is 0.153. The average molecular weight is 575 g/mol. The molecule has 1 saturated heterocycles. The number of aliphatic imine (C=N–C) groups is 1. The van der Waals surface area contributed by atoms with E-state index in [4.69, 9.17) is 38.6 Å². The topological polar surface area (TPSA) is 196 Å². The number of aliphatic hydroxyl groups excluding tert-OH is 2. The molecular weight excluding hydrogens is 535 g/mol. The van der Waals surface area contributed by atoms with Crippen LogP contribution >= 0.6 is 7.82 Å². The number of hydrogen-bond acceptors (Lipinski definition) is 10. The van der Waals surface area contributed by atoms with Crippen LogP contribution in [0.25, 0.3) is 0 Å². The van der Waals surface area contributed by atoms with Crippen LogP contribution in [0.1, 0.15) is 43.0 Å². The molecule has 2 heterocycles. The molecule has 5 N–H and O–H groups in total. The Bertz CT molecular complexity index is 1020. The van der Waals surface area contributed by atoms with E-state index in [2.05, 4.69) is 9.89 Å². The van der Waals surface area contributed by atoms with E-state index in [9.17, 15) is 14.7 Å². The van der Waals surface area contributed by atoms with Gasteiger partial charge in [-0.2, -0.15) is 0 Å². The first kappa shape index (κ1) is 34.4. The molecular formula is C25H39N2O11P. The molecule has 3 rings (SSSR count). The Hall–Kier alpha value is -2.64. The maximum absolute atomic E-state index is 12.6. The van der Waals surface area contributed by atoms with Gasteiger partial charge >= 0.3 is 7.82 Å². The van der Waals surface area contributed by atoms with Gasteiger partial charge in [-0.25, -0.2) is 4.57 Å². The number of likely N-dealkylation sites (tertiary alicyclic amines) is 1. The third-order valence-electron chi connectivity index (χ3n) is 6.13. The maximum atomic E-state index is 12.6. The number of benzene rings is 1. The van der Waals surface area contributed by atoms with Crippen molar-refractivity contribution in [1.29, 1.82) is 0 Å². The van der Waals surface area contributed by atoms with E-state index in [0.717, 1.165) is 26.1 Å². The maximum Gasteiger partial charge on any atom is 0.466 e. The van der Waals surface area contributed by atoms with Crippen molar-refractivity contribution in [3.8, 4) is 17.2 Å². The number of carbonyl (C=O) groups is 2. The van der Waals surface area contributed by atoms with Crippen LogP contribution in [0, 0.1) is 5.41 Å². The van der Waals surface area contributed by atoms with Gasteiger partial charge in [0.15, 0.2) is 5.78 Å². The van der Waals surface area contributed by atoms with Gasteiger partial charge in [0, 0.05) is 30.5 Å². The van der Waals surface area contributed by atoms with Crippen LogP contribution in [0.2, 0.25) is 0 Å². The fourth-order valence-electron chi connectivity index (χ4n) is 4.00. The lowest BCUT2D eigenvalue weighted by molar-refractivity contribution is -0.119. The molecule has 14 heteroatoms. The zero-order valence-electron chi connectivity index (χ0n) is 22.6. The molecule has 0 saturated carbocycles. The predicted octanol–water partition coefficient (Wildman–Crippen LogP) is 1.36. The Kier molecular flexibility index (Phi) is 14.5. The van der Waals surface area contributed by atoms with Gasteiger partial charge < -0.3 is 48.8 Å². The van der Waals surface area contributed by atoms with E-state index in [1.807, 2.05) is 0 Å². The summed E-state index contributed by atoms with van der Waals surface area (Å²) < 4.78 is 24.8. The van der Waals surface area contributed by atoms with E-state index in [0.29, 0.717) is 41.2 Å². The number of aldehydes is 1. The van der Waals surface area contributed by atoms with E-state index in [1.165, 1.54) is 25.1 Å². The first-order valence-electron chi connectivity index (χ1n) is 12.2. The Morgan fingerprint density at radius 1 is 1.13 bits per heavy atom. The normalized spacial score (nSPS) is 20.5. The second-order valence-corrected chi connectivity index (χ2v) is 9.90. The summed E-state index contributed by atoms with van der Waals surface area (Å²) in [6, 6.07) is 3.44. The first-order valence-corrected chi connectivity index (χ1v) is 13.7. The molecule has 0 bridgehead atoms. The number of Topliss-reactive ketones (excluding diaryl/α,β-unsaturated/α-hetero) is 1. The number of rotatable bonds is 10. The number of nitrogens with zero attached hydrogens (tertiary/aromatic N) is 2. The number of ether oxygens (including phenoxy) is 3. The number of carbonyl (C=O) groups excluding carboxylic acids is 2. The molecule has 220 valence electrons. The summed E-state index contributed by atoms with van der Waals surface area (Å²) in [7, 11) is 0.0379. The monoisotopic (exact) mass is 574 g/mol. The molecule has 0 aromatic heterocycles. The van der Waals surface area contributed by atoms with Crippen LogP contribution in [-0.2, 0) is 9.36 Å². The van der Waals surface area contributed by atoms with Gasteiger partial charge in [0.2, 0.25) is 0 Å². The van der Waals surface area contributed by atoms with Crippen molar-refractivity contribution in [2.24, 2.45) is 10.4 Å². The molecule has 2 atom stereocenters. The van der Waals surface area contributed by atoms with Gasteiger partial charge in [-0.05, 0) is 51.9 Å². The third-order valence-corrected chi connectivity index (χ3v) is 6.13. The zero-order valence-corrected chi connectivity index (χ0v) is 23.5. The minimum Gasteiger partial charge on any atom is -0.496 e. The van der Waals surface area contributed by atoms with Gasteiger partial charge in [0.05, 0.1) is 33.4 Å². The SMILES string of the molecule is CC1=NC=CC(C=O)(CO)C1O.COc1cc(OC)c(C(=O)CCCN2CCCC2)c(OC)c1.O=P(O)(O)O. The van der Waals surface area contributed by atoms with Crippen LogP contribution < -0.4 is 14.2 Å². The van der Waals surface area contributed by atoms with Crippen LogP contribution in [0.5, 0.6) is 17.2 Å². The molecule has 0 spiro atoms. The highest BCUT2D eigenvalue weighted by Gasteiger charge is 2.38. The highest BCUT2D eigenvalue weighted by atomic mass is 31.2. The number of methoxy groups -OCH3 is 3. The van der Waals surface area contributed by atoms with Crippen molar-refractivity contribution >= 4 is 25.6 Å². The van der Waals surface area contributed by atoms with Crippen molar-refractivity contribution in [3.63, 3.8) is 0 Å². The molecule has 1 aromatic carbocycles. The minimum absolute atomic E-state index is 0.0514. The molecule has 2 unspecified atom stereocenters. The van der Waals surface area contributed by atoms with Gasteiger partial charge in [-0.3, -0.25) is 9.79 Å². The fourth-order valence-corrected chi connectivity index (χ4v) is 4.00. The Balaban J connectivity index is 0.000000373. The van der Waals surface area contributed by atoms with Crippen molar-refractivity contribution in [1.82, 2.24) is 4.90 Å². The molecule has 2 aliphatic rings. The molecule has 0 radical (unpaired) electrons. The van der Waals surface area contributed by atoms with E-state index >= 15 is 0 Å². The fraction of sp³-hybridized carbons (Fsp3) is 0.560. The molecule has 13 nitrogen and oxygen atoms in total. The lowest BCUT2D eigenvalue weighted by atomic mass is 9.81. The Morgan fingerprint density at radius 2 is 1.67 bits per heavy atom. The Morgan fingerprint density at radius 3 is 2.08 bits per heavy atom. The van der Waals surface area contributed by atoms with Gasteiger partial charge in [0.1, 0.15) is 35.2 Å². The number of hydrogen-bond donors (Lipinski definition) is 5. The summed E-state index contributed by atoms with van der Waals surface area (Å²) in [5.41, 5.74) is -0.239. The molecule has 0 aliphatic carbocycles. The largest absolute Gasteiger partial charge is 0.496 e. The molecule has 2 aliphatic heterocycles. The summed E-state index contributed by atoms with van der Waals surface area (Å²) in [6.45, 7) is 4.50. The third kappa shape index (κ3) is 11.2. The average Bonchev–Trinajstić information content (AvgIpc) is 3.42. The summed E-state index contributed by atoms with van der Waals surface area (Å²) >= 11 is 0. The van der Waals surface area contributed by atoms with Gasteiger partial charge in [-0.1, -0.05) is 0 Å². The van der Waals surface area contributed by atoms with Crippen LogP contribution in [-0.4, -0.2) is 101 Å². The van der Waals surface area contributed by atoms with Crippen LogP contribution in [0.4, 0.5) is 0 Å². The molecule has 1 fully saturated rings. The van der Waals surface area contributed by atoms with Crippen molar-refractivity contribution < 1.29 is 53.3 Å². The summed E-state index contributed by atoms with van der Waals surface area (Å²) in [4.78, 5) is 51.0. The second-order valence-electron chi connectivity index (χ2n) is 8.87. The summed E-state index contributed by atoms with van der Waals surface area (Å²) in [6.07, 6.45) is 6.27. The van der Waals surface area contributed by atoms with Gasteiger partial charge in [0.25, 0.3) is 0 Å².